The second kappa shape index (κ2) is 5.24. The van der Waals surface area contributed by atoms with Crippen molar-refractivity contribution >= 4 is 5.91 Å². The van der Waals surface area contributed by atoms with E-state index in [9.17, 15) is 4.79 Å². The first kappa shape index (κ1) is 12.0. The summed E-state index contributed by atoms with van der Waals surface area (Å²) in [6.07, 6.45) is 0. The average Bonchev–Trinajstić information content (AvgIpc) is 2.74. The van der Waals surface area contributed by atoms with Gasteiger partial charge in [0.05, 0.1) is 6.54 Å². The zero-order valence-corrected chi connectivity index (χ0v) is 10.1. The van der Waals surface area contributed by atoms with Crippen molar-refractivity contribution in [3.63, 3.8) is 0 Å². The summed E-state index contributed by atoms with van der Waals surface area (Å²) in [5.74, 6) is 1.18. The van der Waals surface area contributed by atoms with E-state index >= 15 is 0 Å². The number of hydrogen-bond donors (Lipinski definition) is 2. The predicted molar refractivity (Wildman–Crippen MR) is 60.2 cm³/mol. The van der Waals surface area contributed by atoms with E-state index in [2.05, 4.69) is 25.7 Å². The molecule has 94 valence electrons. The Hall–Kier alpha value is -1.47. The first-order chi connectivity index (χ1) is 8.20. The number of aryl methyl sites for hydroxylation is 1. The van der Waals surface area contributed by atoms with Crippen LogP contribution in [0.2, 0.25) is 0 Å². The summed E-state index contributed by atoms with van der Waals surface area (Å²) < 4.78 is 4.92. The molecule has 17 heavy (non-hydrogen) atoms. The van der Waals surface area contributed by atoms with Gasteiger partial charge >= 0.3 is 0 Å². The van der Waals surface area contributed by atoms with E-state index in [0.717, 1.165) is 13.1 Å². The molecule has 1 atom stereocenters. The van der Waals surface area contributed by atoms with E-state index in [1.165, 1.54) is 0 Å². The van der Waals surface area contributed by atoms with Crippen LogP contribution in [0, 0.1) is 6.92 Å². The minimum absolute atomic E-state index is 0.0115. The van der Waals surface area contributed by atoms with Crippen molar-refractivity contribution < 1.29 is 9.32 Å². The summed E-state index contributed by atoms with van der Waals surface area (Å²) in [7, 11) is 1.65. The van der Waals surface area contributed by atoms with E-state index in [1.807, 2.05) is 0 Å². The third kappa shape index (κ3) is 2.80. The third-order valence-corrected chi connectivity index (χ3v) is 2.82. The highest BCUT2D eigenvalue weighted by atomic mass is 16.5. The summed E-state index contributed by atoms with van der Waals surface area (Å²) in [6, 6.07) is -0.174. The van der Waals surface area contributed by atoms with E-state index in [-0.39, 0.29) is 11.9 Å². The van der Waals surface area contributed by atoms with Gasteiger partial charge in [0, 0.05) is 33.6 Å². The number of rotatable bonds is 3. The van der Waals surface area contributed by atoms with Crippen molar-refractivity contribution in [1.29, 1.82) is 0 Å². The Balaban J connectivity index is 2.03. The fourth-order valence-corrected chi connectivity index (χ4v) is 1.95. The first-order valence-corrected chi connectivity index (χ1v) is 5.66. The summed E-state index contributed by atoms with van der Waals surface area (Å²) in [4.78, 5) is 17.9. The Morgan fingerprint density at radius 2 is 2.53 bits per heavy atom. The number of carbonyl (C=O) groups is 1. The van der Waals surface area contributed by atoms with Crippen LogP contribution in [0.15, 0.2) is 4.52 Å². The van der Waals surface area contributed by atoms with Crippen LogP contribution < -0.4 is 10.6 Å². The number of amides is 1. The lowest BCUT2D eigenvalue weighted by molar-refractivity contribution is -0.126. The van der Waals surface area contributed by atoms with Crippen molar-refractivity contribution in [1.82, 2.24) is 25.7 Å². The average molecular weight is 239 g/mol. The molecular formula is C10H17N5O2. The molecule has 0 saturated carbocycles. The van der Waals surface area contributed by atoms with Crippen LogP contribution in [0.1, 0.15) is 11.7 Å². The number of nitrogens with one attached hydrogen (secondary N) is 2. The zero-order valence-electron chi connectivity index (χ0n) is 10.1. The van der Waals surface area contributed by atoms with Crippen molar-refractivity contribution in [2.45, 2.75) is 19.5 Å². The minimum atomic E-state index is -0.174. The van der Waals surface area contributed by atoms with Crippen LogP contribution in [0.3, 0.4) is 0 Å². The van der Waals surface area contributed by atoms with Crippen LogP contribution in [-0.4, -0.2) is 53.7 Å². The summed E-state index contributed by atoms with van der Waals surface area (Å²) in [5, 5.41) is 9.72. The zero-order chi connectivity index (χ0) is 12.3. The molecule has 0 spiro atoms. The lowest BCUT2D eigenvalue weighted by atomic mass is 10.2. The molecule has 2 N–H and O–H groups in total. The highest BCUT2D eigenvalue weighted by Crippen LogP contribution is 2.08. The minimum Gasteiger partial charge on any atom is -0.358 e. The fourth-order valence-electron chi connectivity index (χ4n) is 1.95. The van der Waals surface area contributed by atoms with E-state index in [0.29, 0.717) is 24.8 Å². The second-order valence-electron chi connectivity index (χ2n) is 4.03. The molecule has 0 radical (unpaired) electrons. The molecule has 1 saturated heterocycles. The highest BCUT2D eigenvalue weighted by Gasteiger charge is 2.28. The third-order valence-electron chi connectivity index (χ3n) is 2.82. The van der Waals surface area contributed by atoms with Crippen LogP contribution in [0.25, 0.3) is 0 Å². The molecule has 1 amide bonds. The first-order valence-electron chi connectivity index (χ1n) is 5.66. The van der Waals surface area contributed by atoms with Crippen LogP contribution in [0.5, 0.6) is 0 Å². The van der Waals surface area contributed by atoms with Crippen LogP contribution in [0.4, 0.5) is 0 Å². The van der Waals surface area contributed by atoms with Gasteiger partial charge in [-0.05, 0) is 0 Å². The Morgan fingerprint density at radius 1 is 1.71 bits per heavy atom. The van der Waals surface area contributed by atoms with Crippen molar-refractivity contribution in [3.05, 3.63) is 11.7 Å². The molecule has 1 aromatic rings. The second-order valence-corrected chi connectivity index (χ2v) is 4.03. The van der Waals surface area contributed by atoms with Gasteiger partial charge < -0.3 is 15.2 Å². The van der Waals surface area contributed by atoms with Crippen molar-refractivity contribution in [3.8, 4) is 0 Å². The number of carbonyl (C=O) groups excluding carboxylic acids is 1. The molecule has 2 heterocycles. The quantitative estimate of drug-likeness (QED) is 0.696. The van der Waals surface area contributed by atoms with E-state index < -0.39 is 0 Å². The maximum absolute atomic E-state index is 11.7. The predicted octanol–water partition coefficient (Wildman–Crippen LogP) is -1.10. The van der Waals surface area contributed by atoms with Gasteiger partial charge in [0.2, 0.25) is 11.8 Å². The van der Waals surface area contributed by atoms with E-state index in [1.54, 1.807) is 14.0 Å². The van der Waals surface area contributed by atoms with Gasteiger partial charge in [-0.25, -0.2) is 0 Å². The molecule has 7 heteroatoms. The number of likely N-dealkylation sites (N-methyl/N-ethyl adjacent to an activating group) is 1. The van der Waals surface area contributed by atoms with Crippen molar-refractivity contribution in [2.75, 3.05) is 26.7 Å². The highest BCUT2D eigenvalue weighted by molar-refractivity contribution is 5.81. The fraction of sp³-hybridized carbons (Fsp3) is 0.700. The lowest BCUT2D eigenvalue weighted by Crippen LogP contribution is -2.57. The molecule has 1 aromatic heterocycles. The smallest absolute Gasteiger partial charge is 0.238 e. The molecule has 0 aromatic carbocycles. The maximum Gasteiger partial charge on any atom is 0.238 e. The SMILES string of the molecule is CNC(=O)C1CNCCN1Cc1noc(C)n1. The molecule has 0 bridgehead atoms. The number of hydrogen-bond acceptors (Lipinski definition) is 6. The van der Waals surface area contributed by atoms with Crippen LogP contribution in [-0.2, 0) is 11.3 Å². The standard InChI is InChI=1S/C10H17N5O2/c1-7-13-9(14-17-7)6-15-4-3-12-5-8(15)10(16)11-2/h8,12H,3-6H2,1-2H3,(H,11,16). The van der Waals surface area contributed by atoms with Gasteiger partial charge in [0.15, 0.2) is 5.82 Å². The Kier molecular flexibility index (Phi) is 3.70. The van der Waals surface area contributed by atoms with Gasteiger partial charge in [0.1, 0.15) is 6.04 Å². The van der Waals surface area contributed by atoms with E-state index in [4.69, 9.17) is 4.52 Å². The number of aromatic nitrogens is 2. The topological polar surface area (TPSA) is 83.3 Å². The number of piperazine rings is 1. The molecule has 1 aliphatic rings. The monoisotopic (exact) mass is 239 g/mol. The Bertz CT molecular complexity index is 392. The summed E-state index contributed by atoms with van der Waals surface area (Å²) in [5.41, 5.74) is 0. The maximum atomic E-state index is 11.7. The molecule has 7 nitrogen and oxygen atoms in total. The Labute approximate surface area is 99.6 Å². The largest absolute Gasteiger partial charge is 0.358 e. The molecule has 1 unspecified atom stereocenters. The van der Waals surface area contributed by atoms with Gasteiger partial charge in [-0.1, -0.05) is 5.16 Å². The molecule has 2 rings (SSSR count). The Morgan fingerprint density at radius 3 is 3.18 bits per heavy atom. The molecule has 1 fully saturated rings. The summed E-state index contributed by atoms with van der Waals surface area (Å²) >= 11 is 0. The van der Waals surface area contributed by atoms with Gasteiger partial charge in [-0.15, -0.1) is 0 Å². The van der Waals surface area contributed by atoms with Crippen LogP contribution >= 0.6 is 0 Å². The lowest BCUT2D eigenvalue weighted by Gasteiger charge is -2.33. The molecule has 0 aliphatic carbocycles. The number of nitrogens with zero attached hydrogens (tertiary/aromatic N) is 3. The van der Waals surface area contributed by atoms with Gasteiger partial charge in [0.25, 0.3) is 0 Å². The van der Waals surface area contributed by atoms with Gasteiger partial charge in [-0.2, -0.15) is 4.98 Å². The molecule has 1 aliphatic heterocycles. The molecular weight excluding hydrogens is 222 g/mol. The normalized spacial score (nSPS) is 21.4. The van der Waals surface area contributed by atoms with Crippen molar-refractivity contribution in [2.24, 2.45) is 0 Å². The van der Waals surface area contributed by atoms with Gasteiger partial charge in [-0.3, -0.25) is 9.69 Å². The summed E-state index contributed by atoms with van der Waals surface area (Å²) in [6.45, 7) is 4.61.